The van der Waals surface area contributed by atoms with Gasteiger partial charge in [0.15, 0.2) is 0 Å². The number of nitrogens with zero attached hydrogens (tertiary/aromatic N) is 1. The Morgan fingerprint density at radius 1 is 0.923 bits per heavy atom. The fourth-order valence-corrected chi connectivity index (χ4v) is 1.89. The Labute approximate surface area is 84.5 Å². The van der Waals surface area contributed by atoms with E-state index in [-0.39, 0.29) is 0 Å². The van der Waals surface area contributed by atoms with E-state index in [4.69, 9.17) is 0 Å². The van der Waals surface area contributed by atoms with Crippen molar-refractivity contribution in [3.63, 3.8) is 0 Å². The lowest BCUT2D eigenvalue weighted by atomic mass is 9.82. The highest BCUT2D eigenvalue weighted by Gasteiger charge is 2.19. The summed E-state index contributed by atoms with van der Waals surface area (Å²) in [6, 6.07) is 0. The second kappa shape index (κ2) is 6.42. The zero-order valence-corrected chi connectivity index (χ0v) is 10.2. The van der Waals surface area contributed by atoms with Gasteiger partial charge in [-0.2, -0.15) is 0 Å². The van der Waals surface area contributed by atoms with E-state index in [1.54, 1.807) is 0 Å². The van der Waals surface area contributed by atoms with E-state index in [2.05, 4.69) is 25.8 Å². The number of rotatable bonds is 0. The Balaban J connectivity index is 0.000000671. The summed E-state index contributed by atoms with van der Waals surface area (Å²) in [7, 11) is 2.23. The van der Waals surface area contributed by atoms with Crippen LogP contribution in [-0.2, 0) is 0 Å². The van der Waals surface area contributed by atoms with Gasteiger partial charge in [0, 0.05) is 0 Å². The molecule has 1 rings (SSSR count). The van der Waals surface area contributed by atoms with Gasteiger partial charge in [0.1, 0.15) is 0 Å². The molecule has 1 heteroatoms. The highest BCUT2D eigenvalue weighted by atomic mass is 15.1. The minimum Gasteiger partial charge on any atom is -0.306 e. The Kier molecular flexibility index (Phi) is 6.40. The maximum absolute atomic E-state index is 2.45. The van der Waals surface area contributed by atoms with Gasteiger partial charge < -0.3 is 4.90 Å². The van der Waals surface area contributed by atoms with Crippen LogP contribution in [0.2, 0.25) is 0 Å². The lowest BCUT2D eigenvalue weighted by Crippen LogP contribution is -2.27. The van der Waals surface area contributed by atoms with E-state index >= 15 is 0 Å². The van der Waals surface area contributed by atoms with Crippen LogP contribution >= 0.6 is 0 Å². The molecule has 0 unspecified atom stereocenters. The summed E-state index contributed by atoms with van der Waals surface area (Å²) in [6.45, 7) is 11.4. The van der Waals surface area contributed by atoms with Crippen LogP contribution in [0.25, 0.3) is 0 Å². The zero-order valence-electron chi connectivity index (χ0n) is 10.2. The molecule has 0 radical (unpaired) electrons. The predicted molar refractivity (Wildman–Crippen MR) is 61.1 cm³/mol. The van der Waals surface area contributed by atoms with Gasteiger partial charge in [0.2, 0.25) is 0 Å². The van der Waals surface area contributed by atoms with Crippen molar-refractivity contribution < 1.29 is 0 Å². The smallest absolute Gasteiger partial charge is 0.00216 e. The second-order valence-corrected chi connectivity index (χ2v) is 4.67. The molecule has 1 saturated heterocycles. The van der Waals surface area contributed by atoms with Gasteiger partial charge in [-0.3, -0.25) is 0 Å². The number of hydrogen-bond donors (Lipinski definition) is 0. The summed E-state index contributed by atoms with van der Waals surface area (Å²) in [5.74, 6) is 0. The van der Waals surface area contributed by atoms with Crippen LogP contribution in [0.4, 0.5) is 0 Å². The SMILES string of the molecule is CC.CN1CCCC(C)(C)CCC1. The summed E-state index contributed by atoms with van der Waals surface area (Å²) < 4.78 is 0. The number of hydrogen-bond acceptors (Lipinski definition) is 1. The topological polar surface area (TPSA) is 3.24 Å². The lowest BCUT2D eigenvalue weighted by molar-refractivity contribution is 0.209. The molecule has 13 heavy (non-hydrogen) atoms. The summed E-state index contributed by atoms with van der Waals surface area (Å²) in [4.78, 5) is 2.45. The van der Waals surface area contributed by atoms with E-state index in [1.807, 2.05) is 13.8 Å². The zero-order chi connectivity index (χ0) is 10.3. The molecule has 0 bridgehead atoms. The van der Waals surface area contributed by atoms with E-state index in [0.29, 0.717) is 5.41 Å². The number of likely N-dealkylation sites (tertiary alicyclic amines) is 1. The van der Waals surface area contributed by atoms with Crippen LogP contribution in [0, 0.1) is 5.41 Å². The van der Waals surface area contributed by atoms with Gasteiger partial charge >= 0.3 is 0 Å². The molecule has 1 aliphatic rings. The van der Waals surface area contributed by atoms with Crippen LogP contribution in [0.3, 0.4) is 0 Å². The largest absolute Gasteiger partial charge is 0.306 e. The van der Waals surface area contributed by atoms with Crippen molar-refractivity contribution in [3.05, 3.63) is 0 Å². The fourth-order valence-electron chi connectivity index (χ4n) is 1.89. The standard InChI is InChI=1S/C10H21N.C2H6/c1-10(2)6-4-8-11(3)9-5-7-10;1-2/h4-9H2,1-3H3;1-2H3. The molecule has 0 aromatic heterocycles. The van der Waals surface area contributed by atoms with E-state index in [1.165, 1.54) is 38.8 Å². The quantitative estimate of drug-likeness (QED) is 0.558. The van der Waals surface area contributed by atoms with Crippen molar-refractivity contribution >= 4 is 0 Å². The first-order valence-electron chi connectivity index (χ1n) is 5.79. The average molecular weight is 185 g/mol. The molecule has 0 aliphatic carbocycles. The van der Waals surface area contributed by atoms with Gasteiger partial charge in [-0.05, 0) is 51.2 Å². The molecule has 0 atom stereocenters. The summed E-state index contributed by atoms with van der Waals surface area (Å²) in [6.07, 6.45) is 5.56. The van der Waals surface area contributed by atoms with E-state index < -0.39 is 0 Å². The van der Waals surface area contributed by atoms with Gasteiger partial charge in [-0.25, -0.2) is 0 Å². The third kappa shape index (κ3) is 6.09. The van der Waals surface area contributed by atoms with E-state index in [0.717, 1.165) is 0 Å². The molecular weight excluding hydrogens is 158 g/mol. The first-order chi connectivity index (χ1) is 6.10. The predicted octanol–water partition coefficient (Wildman–Crippen LogP) is 3.54. The van der Waals surface area contributed by atoms with Crippen molar-refractivity contribution in [2.24, 2.45) is 5.41 Å². The summed E-state index contributed by atoms with van der Waals surface area (Å²) in [5.41, 5.74) is 0.612. The minimum absolute atomic E-state index is 0.612. The normalized spacial score (nSPS) is 23.8. The second-order valence-electron chi connectivity index (χ2n) is 4.67. The maximum Gasteiger partial charge on any atom is -0.00216 e. The van der Waals surface area contributed by atoms with Crippen LogP contribution in [0.1, 0.15) is 53.4 Å². The van der Waals surface area contributed by atoms with Crippen molar-refractivity contribution in [2.45, 2.75) is 53.4 Å². The Hall–Kier alpha value is -0.0400. The minimum atomic E-state index is 0.612. The molecule has 1 nitrogen and oxygen atoms in total. The molecule has 0 spiro atoms. The first kappa shape index (κ1) is 13.0. The van der Waals surface area contributed by atoms with Crippen LogP contribution in [0.5, 0.6) is 0 Å². The summed E-state index contributed by atoms with van der Waals surface area (Å²) >= 11 is 0. The average Bonchev–Trinajstić information content (AvgIpc) is 2.05. The van der Waals surface area contributed by atoms with Gasteiger partial charge in [-0.15, -0.1) is 0 Å². The molecule has 1 fully saturated rings. The molecule has 1 aliphatic heterocycles. The fraction of sp³-hybridized carbons (Fsp3) is 1.00. The lowest BCUT2D eigenvalue weighted by Gasteiger charge is -2.30. The van der Waals surface area contributed by atoms with Gasteiger partial charge in [0.25, 0.3) is 0 Å². The van der Waals surface area contributed by atoms with Crippen LogP contribution in [0.15, 0.2) is 0 Å². The molecule has 80 valence electrons. The van der Waals surface area contributed by atoms with Crippen LogP contribution in [-0.4, -0.2) is 25.0 Å². The van der Waals surface area contributed by atoms with Crippen molar-refractivity contribution in [1.82, 2.24) is 4.90 Å². The molecule has 1 heterocycles. The Bertz CT molecular complexity index is 106. The van der Waals surface area contributed by atoms with Gasteiger partial charge in [0.05, 0.1) is 0 Å². The highest BCUT2D eigenvalue weighted by molar-refractivity contribution is 4.72. The van der Waals surface area contributed by atoms with E-state index in [9.17, 15) is 0 Å². The first-order valence-corrected chi connectivity index (χ1v) is 5.79. The molecule has 0 amide bonds. The molecule has 0 aromatic rings. The Morgan fingerprint density at radius 3 is 1.69 bits per heavy atom. The van der Waals surface area contributed by atoms with Gasteiger partial charge in [-0.1, -0.05) is 27.7 Å². The Morgan fingerprint density at radius 2 is 1.31 bits per heavy atom. The maximum atomic E-state index is 2.45. The molecular formula is C12H27N. The van der Waals surface area contributed by atoms with Crippen molar-refractivity contribution in [2.75, 3.05) is 20.1 Å². The van der Waals surface area contributed by atoms with Crippen molar-refractivity contribution in [1.29, 1.82) is 0 Å². The highest BCUT2D eigenvalue weighted by Crippen LogP contribution is 2.29. The molecule has 0 saturated carbocycles. The third-order valence-corrected chi connectivity index (χ3v) is 2.79. The summed E-state index contributed by atoms with van der Waals surface area (Å²) in [5, 5.41) is 0. The van der Waals surface area contributed by atoms with Crippen LogP contribution < -0.4 is 0 Å². The molecule has 0 aromatic carbocycles. The molecule has 0 N–H and O–H groups in total. The monoisotopic (exact) mass is 185 g/mol. The van der Waals surface area contributed by atoms with Crippen molar-refractivity contribution in [3.8, 4) is 0 Å². The third-order valence-electron chi connectivity index (χ3n) is 2.79.